The second kappa shape index (κ2) is 8.53. The molecule has 0 aliphatic heterocycles. The quantitative estimate of drug-likeness (QED) is 0.613. The van der Waals surface area contributed by atoms with Crippen LogP contribution in [0.4, 0.5) is 5.82 Å². The molecule has 0 aliphatic carbocycles. The molecule has 0 aromatic carbocycles. The Morgan fingerprint density at radius 3 is 2.77 bits per heavy atom. The molecule has 0 saturated heterocycles. The van der Waals surface area contributed by atoms with Crippen LogP contribution in [0.1, 0.15) is 10.4 Å². The number of nitrogens with zero attached hydrogens (tertiary/aromatic N) is 4. The zero-order valence-corrected chi connectivity index (χ0v) is 16.6. The Kier molecular flexibility index (Phi) is 6.13. The van der Waals surface area contributed by atoms with Crippen molar-refractivity contribution in [3.8, 4) is 11.4 Å². The fraction of sp³-hybridized carbons (Fsp3) is 0.421. The van der Waals surface area contributed by atoms with Crippen molar-refractivity contribution in [1.82, 2.24) is 19.9 Å². The number of anilines is 1. The molecular formula is C19H25N5OS. The van der Waals surface area contributed by atoms with Gasteiger partial charge in [0, 0.05) is 35.9 Å². The van der Waals surface area contributed by atoms with Crippen LogP contribution in [0.3, 0.4) is 0 Å². The second-order valence-corrected chi connectivity index (χ2v) is 7.65. The van der Waals surface area contributed by atoms with E-state index in [4.69, 9.17) is 14.7 Å². The van der Waals surface area contributed by atoms with Crippen molar-refractivity contribution in [2.45, 2.75) is 13.8 Å². The summed E-state index contributed by atoms with van der Waals surface area (Å²) >= 11 is 1.70. The summed E-state index contributed by atoms with van der Waals surface area (Å²) in [6.07, 6.45) is 3.55. The van der Waals surface area contributed by atoms with E-state index in [0.29, 0.717) is 19.0 Å². The van der Waals surface area contributed by atoms with E-state index >= 15 is 0 Å². The summed E-state index contributed by atoms with van der Waals surface area (Å²) in [6.45, 7) is 7.25. The van der Waals surface area contributed by atoms with Crippen molar-refractivity contribution >= 4 is 27.4 Å². The van der Waals surface area contributed by atoms with E-state index in [1.54, 1.807) is 23.7 Å². The lowest BCUT2D eigenvalue weighted by molar-refractivity contribution is 0.126. The first-order valence-electron chi connectivity index (χ1n) is 8.70. The largest absolute Gasteiger partial charge is 0.378 e. The minimum Gasteiger partial charge on any atom is -0.378 e. The van der Waals surface area contributed by atoms with Crippen LogP contribution in [0.2, 0.25) is 0 Å². The minimum atomic E-state index is 0.643. The third-order valence-electron chi connectivity index (χ3n) is 4.17. The Morgan fingerprint density at radius 2 is 2.04 bits per heavy atom. The Bertz CT molecular complexity index is 863. The van der Waals surface area contributed by atoms with Crippen molar-refractivity contribution in [1.29, 1.82) is 0 Å². The fourth-order valence-corrected chi connectivity index (χ4v) is 3.62. The lowest BCUT2D eigenvalue weighted by Gasteiger charge is -2.12. The molecule has 0 fully saturated rings. The molecule has 0 radical (unpaired) electrons. The number of aryl methyl sites for hydroxylation is 2. The van der Waals surface area contributed by atoms with Gasteiger partial charge in [0.15, 0.2) is 5.82 Å². The highest BCUT2D eigenvalue weighted by molar-refractivity contribution is 7.18. The first-order valence-corrected chi connectivity index (χ1v) is 9.52. The first kappa shape index (κ1) is 18.7. The van der Waals surface area contributed by atoms with Gasteiger partial charge in [-0.3, -0.25) is 4.98 Å². The molecule has 3 rings (SSSR count). The molecule has 0 saturated carbocycles. The average Bonchev–Trinajstić information content (AvgIpc) is 2.92. The third-order valence-corrected chi connectivity index (χ3v) is 5.27. The average molecular weight is 372 g/mol. The Morgan fingerprint density at radius 1 is 1.19 bits per heavy atom. The molecule has 3 aromatic heterocycles. The number of thiophene rings is 1. The van der Waals surface area contributed by atoms with Crippen LogP contribution in [-0.2, 0) is 4.74 Å². The van der Waals surface area contributed by atoms with Gasteiger partial charge in [0.1, 0.15) is 10.6 Å². The molecule has 0 unspecified atom stereocenters. The maximum atomic E-state index is 5.67. The van der Waals surface area contributed by atoms with Gasteiger partial charge >= 0.3 is 0 Å². The van der Waals surface area contributed by atoms with Gasteiger partial charge in [-0.15, -0.1) is 11.3 Å². The van der Waals surface area contributed by atoms with Crippen molar-refractivity contribution in [2.75, 3.05) is 45.7 Å². The smallest absolute Gasteiger partial charge is 0.164 e. The molecule has 0 atom stereocenters. The van der Waals surface area contributed by atoms with E-state index in [-0.39, 0.29) is 0 Å². The van der Waals surface area contributed by atoms with Gasteiger partial charge in [-0.1, -0.05) is 0 Å². The lowest BCUT2D eigenvalue weighted by Crippen LogP contribution is -2.20. The van der Waals surface area contributed by atoms with Crippen LogP contribution >= 0.6 is 11.3 Å². The molecule has 26 heavy (non-hydrogen) atoms. The van der Waals surface area contributed by atoms with Crippen molar-refractivity contribution < 1.29 is 4.74 Å². The molecule has 138 valence electrons. The number of fused-ring (bicyclic) bond motifs is 1. The van der Waals surface area contributed by atoms with Crippen LogP contribution < -0.4 is 5.32 Å². The SMILES string of the molecule is Cc1sc2nc(-c3cccnc3)nc(NCCOCCN(C)C)c2c1C. The normalized spacial score (nSPS) is 11.4. The summed E-state index contributed by atoms with van der Waals surface area (Å²) in [5.41, 5.74) is 2.15. The van der Waals surface area contributed by atoms with Gasteiger partial charge in [0.05, 0.1) is 18.6 Å². The molecule has 0 amide bonds. The zero-order valence-electron chi connectivity index (χ0n) is 15.7. The lowest BCUT2D eigenvalue weighted by atomic mass is 10.2. The van der Waals surface area contributed by atoms with Gasteiger partial charge in [-0.2, -0.15) is 0 Å². The van der Waals surface area contributed by atoms with Crippen LogP contribution in [0.25, 0.3) is 21.6 Å². The number of hydrogen-bond acceptors (Lipinski definition) is 7. The number of rotatable bonds is 8. The molecule has 0 spiro atoms. The summed E-state index contributed by atoms with van der Waals surface area (Å²) in [4.78, 5) is 18.1. The van der Waals surface area contributed by atoms with E-state index in [9.17, 15) is 0 Å². The van der Waals surface area contributed by atoms with Crippen LogP contribution in [0.5, 0.6) is 0 Å². The highest BCUT2D eigenvalue weighted by atomic mass is 32.1. The van der Waals surface area contributed by atoms with Gasteiger partial charge in [0.25, 0.3) is 0 Å². The number of likely N-dealkylation sites (N-methyl/N-ethyl adjacent to an activating group) is 1. The molecule has 7 heteroatoms. The fourth-order valence-electron chi connectivity index (χ4n) is 2.59. The molecular weight excluding hydrogens is 346 g/mol. The predicted octanol–water partition coefficient (Wildman–Crippen LogP) is 3.36. The molecule has 3 aromatic rings. The minimum absolute atomic E-state index is 0.643. The number of nitrogens with one attached hydrogen (secondary N) is 1. The van der Waals surface area contributed by atoms with Gasteiger partial charge in [-0.05, 0) is 45.6 Å². The zero-order chi connectivity index (χ0) is 18.5. The highest BCUT2D eigenvalue weighted by Gasteiger charge is 2.15. The predicted molar refractivity (Wildman–Crippen MR) is 108 cm³/mol. The van der Waals surface area contributed by atoms with Crippen molar-refractivity contribution in [3.05, 3.63) is 35.0 Å². The van der Waals surface area contributed by atoms with E-state index in [2.05, 4.69) is 29.0 Å². The van der Waals surface area contributed by atoms with Gasteiger partial charge < -0.3 is 15.0 Å². The maximum absolute atomic E-state index is 5.67. The van der Waals surface area contributed by atoms with Crippen molar-refractivity contribution in [3.63, 3.8) is 0 Å². The topological polar surface area (TPSA) is 63.2 Å². The van der Waals surface area contributed by atoms with Crippen molar-refractivity contribution in [2.24, 2.45) is 0 Å². The summed E-state index contributed by atoms with van der Waals surface area (Å²) in [7, 11) is 4.09. The number of hydrogen-bond donors (Lipinski definition) is 1. The van der Waals surface area contributed by atoms with Crippen LogP contribution in [-0.4, -0.2) is 60.3 Å². The number of pyridine rings is 1. The molecule has 0 bridgehead atoms. The molecule has 6 nitrogen and oxygen atoms in total. The monoisotopic (exact) mass is 371 g/mol. The summed E-state index contributed by atoms with van der Waals surface area (Å²) in [5, 5.41) is 4.54. The summed E-state index contributed by atoms with van der Waals surface area (Å²) < 4.78 is 5.67. The summed E-state index contributed by atoms with van der Waals surface area (Å²) in [6, 6.07) is 3.88. The number of aromatic nitrogens is 3. The Labute approximate surface area is 158 Å². The molecule has 1 N–H and O–H groups in total. The van der Waals surface area contributed by atoms with Gasteiger partial charge in [-0.25, -0.2) is 9.97 Å². The van der Waals surface area contributed by atoms with Crippen LogP contribution in [0.15, 0.2) is 24.5 Å². The third kappa shape index (κ3) is 4.35. The summed E-state index contributed by atoms with van der Waals surface area (Å²) in [5.74, 6) is 1.56. The van der Waals surface area contributed by atoms with E-state index < -0.39 is 0 Å². The molecule has 3 heterocycles. The highest BCUT2D eigenvalue weighted by Crippen LogP contribution is 2.34. The Balaban J connectivity index is 1.80. The number of ether oxygens (including phenoxy) is 1. The van der Waals surface area contributed by atoms with E-state index in [1.165, 1.54) is 10.4 Å². The maximum Gasteiger partial charge on any atom is 0.164 e. The van der Waals surface area contributed by atoms with E-state index in [1.807, 2.05) is 26.2 Å². The first-order chi connectivity index (χ1) is 12.6. The Hall–Kier alpha value is -2.09. The van der Waals surface area contributed by atoms with Crippen LogP contribution in [0, 0.1) is 13.8 Å². The molecule has 0 aliphatic rings. The van der Waals surface area contributed by atoms with Gasteiger partial charge in [0.2, 0.25) is 0 Å². The second-order valence-electron chi connectivity index (χ2n) is 6.44. The standard InChI is InChI=1S/C19H25N5OS/c1-13-14(2)26-19-16(13)18(21-8-10-25-11-9-24(3)4)22-17(23-19)15-6-5-7-20-12-15/h5-7,12H,8-11H2,1-4H3,(H,21,22,23). The van der Waals surface area contributed by atoms with E-state index in [0.717, 1.165) is 34.7 Å².